The van der Waals surface area contributed by atoms with E-state index in [0.29, 0.717) is 6.04 Å². The number of hydrogen-bond donors (Lipinski definition) is 1. The summed E-state index contributed by atoms with van der Waals surface area (Å²) in [6, 6.07) is 2.66. The molecule has 2 atom stereocenters. The zero-order chi connectivity index (χ0) is 11.3. The van der Waals surface area contributed by atoms with Gasteiger partial charge in [0.05, 0.1) is 6.10 Å². The van der Waals surface area contributed by atoms with Crippen molar-refractivity contribution in [3.05, 3.63) is 22.4 Å². The Balaban J connectivity index is 2.36. The second-order valence-corrected chi connectivity index (χ2v) is 4.97. The van der Waals surface area contributed by atoms with Crippen molar-refractivity contribution in [3.8, 4) is 0 Å². The smallest absolute Gasteiger partial charge is 0.0664 e. The molecule has 1 aromatic rings. The summed E-state index contributed by atoms with van der Waals surface area (Å²) in [5, 5.41) is 13.9. The van der Waals surface area contributed by atoms with Crippen LogP contribution < -0.4 is 0 Å². The number of thiophene rings is 1. The molecule has 3 heteroatoms. The molecule has 15 heavy (non-hydrogen) atoms. The highest BCUT2D eigenvalue weighted by Gasteiger charge is 2.13. The molecule has 1 N–H and O–H groups in total. The second kappa shape index (κ2) is 6.26. The van der Waals surface area contributed by atoms with E-state index in [1.54, 1.807) is 11.3 Å². The summed E-state index contributed by atoms with van der Waals surface area (Å²) in [6.07, 6.45) is 1.70. The summed E-state index contributed by atoms with van der Waals surface area (Å²) < 4.78 is 0. The van der Waals surface area contributed by atoms with Gasteiger partial charge >= 0.3 is 0 Å². The minimum Gasteiger partial charge on any atom is -0.392 e. The molecule has 0 amide bonds. The van der Waals surface area contributed by atoms with Gasteiger partial charge in [-0.3, -0.25) is 0 Å². The van der Waals surface area contributed by atoms with Crippen LogP contribution in [0, 0.1) is 0 Å². The van der Waals surface area contributed by atoms with Gasteiger partial charge in [-0.15, -0.1) is 0 Å². The fourth-order valence-corrected chi connectivity index (χ4v) is 2.23. The molecular weight excluding hydrogens is 206 g/mol. The Morgan fingerprint density at radius 3 is 2.80 bits per heavy atom. The van der Waals surface area contributed by atoms with Crippen LogP contribution in [0.3, 0.4) is 0 Å². The van der Waals surface area contributed by atoms with Gasteiger partial charge < -0.3 is 10.0 Å². The van der Waals surface area contributed by atoms with Crippen LogP contribution in [0.1, 0.15) is 25.8 Å². The molecular formula is C12H21NOS. The largest absolute Gasteiger partial charge is 0.392 e. The lowest BCUT2D eigenvalue weighted by Crippen LogP contribution is -2.36. The highest BCUT2D eigenvalue weighted by Crippen LogP contribution is 2.11. The number of aliphatic hydroxyl groups excluding tert-OH is 1. The Labute approximate surface area is 96.5 Å². The predicted octanol–water partition coefficient (Wildman–Crippen LogP) is 2.38. The maximum absolute atomic E-state index is 9.56. The van der Waals surface area contributed by atoms with Gasteiger partial charge in [0.15, 0.2) is 0 Å². The Morgan fingerprint density at radius 1 is 1.53 bits per heavy atom. The first kappa shape index (κ1) is 12.7. The van der Waals surface area contributed by atoms with Crippen molar-refractivity contribution >= 4 is 11.3 Å². The van der Waals surface area contributed by atoms with Crippen molar-refractivity contribution in [2.45, 2.75) is 38.8 Å². The third-order valence-electron chi connectivity index (χ3n) is 2.83. The fraction of sp³-hybridized carbons (Fsp3) is 0.667. The summed E-state index contributed by atoms with van der Waals surface area (Å²) in [7, 11) is 2.08. The van der Waals surface area contributed by atoms with Crippen LogP contribution in [0.5, 0.6) is 0 Å². The molecule has 0 spiro atoms. The first-order valence-electron chi connectivity index (χ1n) is 5.52. The van der Waals surface area contributed by atoms with E-state index in [1.807, 2.05) is 6.92 Å². The van der Waals surface area contributed by atoms with Crippen LogP contribution in [0.2, 0.25) is 0 Å². The van der Waals surface area contributed by atoms with E-state index in [0.717, 1.165) is 19.4 Å². The quantitative estimate of drug-likeness (QED) is 0.806. The lowest BCUT2D eigenvalue weighted by molar-refractivity contribution is 0.105. The standard InChI is InChI=1S/C12H21NOS/c1-4-12(14)8-13(3)10(2)7-11-5-6-15-9-11/h5-6,9-10,12,14H,4,7-8H2,1-3H3/t10?,12-/m1/s1. The maximum atomic E-state index is 9.56. The SMILES string of the molecule is CC[C@@H](O)CN(C)C(C)Cc1ccsc1. The van der Waals surface area contributed by atoms with Crippen LogP contribution in [0.25, 0.3) is 0 Å². The summed E-state index contributed by atoms with van der Waals surface area (Å²) in [4.78, 5) is 2.23. The summed E-state index contributed by atoms with van der Waals surface area (Å²) in [5.41, 5.74) is 1.39. The summed E-state index contributed by atoms with van der Waals surface area (Å²) >= 11 is 1.74. The van der Waals surface area contributed by atoms with Crippen molar-refractivity contribution in [1.29, 1.82) is 0 Å². The Hall–Kier alpha value is -0.380. The number of hydrogen-bond acceptors (Lipinski definition) is 3. The van der Waals surface area contributed by atoms with Crippen molar-refractivity contribution in [1.82, 2.24) is 4.90 Å². The molecule has 0 bridgehead atoms. The second-order valence-electron chi connectivity index (χ2n) is 4.19. The third-order valence-corrected chi connectivity index (χ3v) is 3.57. The zero-order valence-corrected chi connectivity index (χ0v) is 10.6. The normalized spacial score (nSPS) is 15.5. The van der Waals surface area contributed by atoms with Gasteiger partial charge in [0, 0.05) is 12.6 Å². The van der Waals surface area contributed by atoms with Gasteiger partial charge in [-0.25, -0.2) is 0 Å². The molecule has 0 aromatic carbocycles. The third kappa shape index (κ3) is 4.33. The Kier molecular flexibility index (Phi) is 5.29. The van der Waals surface area contributed by atoms with Crippen LogP contribution in [-0.2, 0) is 6.42 Å². The van der Waals surface area contributed by atoms with E-state index in [4.69, 9.17) is 0 Å². The molecule has 1 heterocycles. The molecule has 1 aromatic heterocycles. The number of rotatable bonds is 6. The molecule has 86 valence electrons. The monoisotopic (exact) mass is 227 g/mol. The molecule has 0 saturated heterocycles. The summed E-state index contributed by atoms with van der Waals surface area (Å²) in [6.45, 7) is 4.99. The van der Waals surface area contributed by atoms with Crippen LogP contribution in [0.15, 0.2) is 16.8 Å². The average molecular weight is 227 g/mol. The maximum Gasteiger partial charge on any atom is 0.0664 e. The van der Waals surface area contributed by atoms with Gasteiger partial charge in [-0.05, 0) is 49.2 Å². The molecule has 0 aliphatic heterocycles. The predicted molar refractivity (Wildman–Crippen MR) is 66.4 cm³/mol. The fourth-order valence-electron chi connectivity index (χ4n) is 1.55. The van der Waals surface area contributed by atoms with E-state index < -0.39 is 0 Å². The van der Waals surface area contributed by atoms with E-state index >= 15 is 0 Å². The van der Waals surface area contributed by atoms with Crippen LogP contribution in [-0.4, -0.2) is 35.7 Å². The first-order chi connectivity index (χ1) is 7.13. The number of aliphatic hydroxyl groups is 1. The minimum absolute atomic E-state index is 0.195. The highest BCUT2D eigenvalue weighted by molar-refractivity contribution is 7.07. The van der Waals surface area contributed by atoms with Crippen molar-refractivity contribution in [2.24, 2.45) is 0 Å². The van der Waals surface area contributed by atoms with Gasteiger partial charge in [0.2, 0.25) is 0 Å². The molecule has 0 saturated carbocycles. The minimum atomic E-state index is -0.195. The zero-order valence-electron chi connectivity index (χ0n) is 9.81. The molecule has 0 fully saturated rings. The number of likely N-dealkylation sites (N-methyl/N-ethyl adjacent to an activating group) is 1. The van der Waals surface area contributed by atoms with E-state index in [2.05, 4.69) is 35.7 Å². The number of nitrogens with zero attached hydrogens (tertiary/aromatic N) is 1. The first-order valence-corrected chi connectivity index (χ1v) is 6.47. The van der Waals surface area contributed by atoms with Gasteiger partial charge in [0.1, 0.15) is 0 Å². The average Bonchev–Trinajstić information content (AvgIpc) is 2.70. The molecule has 1 unspecified atom stereocenters. The molecule has 2 nitrogen and oxygen atoms in total. The van der Waals surface area contributed by atoms with E-state index in [9.17, 15) is 5.11 Å². The topological polar surface area (TPSA) is 23.5 Å². The van der Waals surface area contributed by atoms with Crippen LogP contribution in [0.4, 0.5) is 0 Å². The van der Waals surface area contributed by atoms with Crippen molar-refractivity contribution < 1.29 is 5.11 Å². The van der Waals surface area contributed by atoms with Gasteiger partial charge in [0.25, 0.3) is 0 Å². The summed E-state index contributed by atoms with van der Waals surface area (Å²) in [5.74, 6) is 0. The van der Waals surface area contributed by atoms with Crippen molar-refractivity contribution in [3.63, 3.8) is 0 Å². The molecule has 0 radical (unpaired) electrons. The molecule has 0 aliphatic rings. The lowest BCUT2D eigenvalue weighted by Gasteiger charge is -2.26. The van der Waals surface area contributed by atoms with E-state index in [1.165, 1.54) is 5.56 Å². The van der Waals surface area contributed by atoms with E-state index in [-0.39, 0.29) is 6.10 Å². The molecule has 0 aliphatic carbocycles. The van der Waals surface area contributed by atoms with Crippen molar-refractivity contribution in [2.75, 3.05) is 13.6 Å². The van der Waals surface area contributed by atoms with Gasteiger partial charge in [-0.2, -0.15) is 11.3 Å². The lowest BCUT2D eigenvalue weighted by atomic mass is 10.1. The Morgan fingerprint density at radius 2 is 2.27 bits per heavy atom. The highest BCUT2D eigenvalue weighted by atomic mass is 32.1. The molecule has 1 rings (SSSR count). The Bertz CT molecular complexity index is 261. The van der Waals surface area contributed by atoms with Crippen LogP contribution >= 0.6 is 11.3 Å². The van der Waals surface area contributed by atoms with Gasteiger partial charge in [-0.1, -0.05) is 6.92 Å².